The summed E-state index contributed by atoms with van der Waals surface area (Å²) in [6.45, 7) is -0.415. The lowest BCUT2D eigenvalue weighted by Crippen LogP contribution is -2.35. The first-order valence-electron chi connectivity index (χ1n) is 12.2. The van der Waals surface area contributed by atoms with Gasteiger partial charge in [-0.3, -0.25) is 0 Å². The average molecular weight is 557 g/mol. The van der Waals surface area contributed by atoms with Crippen molar-refractivity contribution in [1.82, 2.24) is 9.46 Å². The lowest BCUT2D eigenvalue weighted by Gasteiger charge is -2.28. The van der Waals surface area contributed by atoms with Crippen molar-refractivity contribution in [3.63, 3.8) is 0 Å². The molecule has 39 heavy (non-hydrogen) atoms. The number of benzene rings is 3. The lowest BCUT2D eigenvalue weighted by atomic mass is 10.1. The van der Waals surface area contributed by atoms with Gasteiger partial charge in [-0.2, -0.15) is 4.31 Å². The number of aliphatic hydroxyl groups is 1. The summed E-state index contributed by atoms with van der Waals surface area (Å²) in [5.74, 6) is 2.10. The van der Waals surface area contributed by atoms with E-state index in [0.717, 1.165) is 0 Å². The molecule has 4 rings (SSSR count). The van der Waals surface area contributed by atoms with Gasteiger partial charge in [-0.15, -0.1) is 0 Å². The molecule has 0 aliphatic heterocycles. The van der Waals surface area contributed by atoms with Crippen LogP contribution in [-0.2, 0) is 23.1 Å². The summed E-state index contributed by atoms with van der Waals surface area (Å²) in [7, 11) is 1.98. The third-order valence-corrected chi connectivity index (χ3v) is 8.66. The highest BCUT2D eigenvalue weighted by Crippen LogP contribution is 2.37. The predicted molar refractivity (Wildman–Crippen MR) is 146 cm³/mol. The monoisotopic (exact) mass is 556 g/mol. The quantitative estimate of drug-likeness (QED) is 0.257. The molecule has 3 aromatic carbocycles. The van der Waals surface area contributed by atoms with Crippen LogP contribution in [0.1, 0.15) is 28.5 Å². The largest absolute Gasteiger partial charge is 0.497 e. The predicted octanol–water partition coefficient (Wildman–Crippen LogP) is 4.32. The van der Waals surface area contributed by atoms with E-state index in [9.17, 15) is 13.5 Å². The van der Waals surface area contributed by atoms with Crippen LogP contribution in [0.5, 0.6) is 23.0 Å². The molecule has 0 saturated carbocycles. The fraction of sp³-hybridized carbons (Fsp3) is 0.321. The zero-order valence-electron chi connectivity index (χ0n) is 22.3. The molecule has 0 radical (unpaired) electrons. The first-order chi connectivity index (χ1) is 18.9. The number of aliphatic hydroxyl groups excluding tert-OH is 1. The van der Waals surface area contributed by atoms with E-state index in [1.54, 1.807) is 74.9 Å². The minimum absolute atomic E-state index is 0.0254. The molecule has 0 aliphatic carbocycles. The van der Waals surface area contributed by atoms with Crippen LogP contribution in [-0.4, -0.2) is 58.0 Å². The molecule has 1 atom stereocenters. The number of sulfonamides is 1. The van der Waals surface area contributed by atoms with Gasteiger partial charge in [0, 0.05) is 48.3 Å². The maximum absolute atomic E-state index is 14.4. The number of fused-ring (bicyclic) bond motifs is 1. The average Bonchev–Trinajstić information content (AvgIpc) is 3.39. The molecule has 208 valence electrons. The molecule has 1 heterocycles. The van der Waals surface area contributed by atoms with E-state index in [-0.39, 0.29) is 31.8 Å². The molecule has 10 nitrogen and oxygen atoms in total. The Morgan fingerprint density at radius 3 is 1.92 bits per heavy atom. The Balaban J connectivity index is 1.83. The third kappa shape index (κ3) is 5.95. The van der Waals surface area contributed by atoms with Crippen LogP contribution >= 0.6 is 0 Å². The molecule has 4 aromatic rings. The minimum Gasteiger partial charge on any atom is -0.497 e. The lowest BCUT2D eigenvalue weighted by molar-refractivity contribution is 0.280. The first-order valence-corrected chi connectivity index (χ1v) is 13.7. The van der Waals surface area contributed by atoms with E-state index >= 15 is 0 Å². The summed E-state index contributed by atoms with van der Waals surface area (Å²) in [4.78, 5) is 0. The van der Waals surface area contributed by atoms with Crippen LogP contribution in [0.25, 0.3) is 11.0 Å². The van der Waals surface area contributed by atoms with Gasteiger partial charge in [0.15, 0.2) is 5.58 Å². The molecule has 0 aliphatic rings. The maximum Gasteiger partial charge on any atom is 0.223 e. The van der Waals surface area contributed by atoms with Crippen LogP contribution in [0, 0.1) is 0 Å². The zero-order valence-corrected chi connectivity index (χ0v) is 23.1. The molecule has 11 heteroatoms. The van der Waals surface area contributed by atoms with E-state index in [0.29, 0.717) is 45.1 Å². The number of ether oxygens (including phenoxy) is 4. The molecular formula is C28H32N2O8S. The van der Waals surface area contributed by atoms with Crippen molar-refractivity contribution in [3.8, 4) is 23.0 Å². The van der Waals surface area contributed by atoms with Crippen LogP contribution in [0.4, 0.5) is 0 Å². The Kier molecular flexibility index (Phi) is 8.95. The van der Waals surface area contributed by atoms with Crippen molar-refractivity contribution in [2.24, 2.45) is 0 Å². The molecule has 0 fully saturated rings. The van der Waals surface area contributed by atoms with Gasteiger partial charge in [-0.05, 0) is 30.7 Å². The van der Waals surface area contributed by atoms with Crippen molar-refractivity contribution < 1.29 is 37.0 Å². The third-order valence-electron chi connectivity index (χ3n) is 6.50. The Labute approximate surface area is 227 Å². The first kappa shape index (κ1) is 28.2. The van der Waals surface area contributed by atoms with E-state index in [2.05, 4.69) is 5.16 Å². The molecular weight excluding hydrogens is 524 g/mol. The highest BCUT2D eigenvalue weighted by Gasteiger charge is 2.37. The Bertz CT molecular complexity index is 1460. The Hall–Kier alpha value is -3.80. The van der Waals surface area contributed by atoms with Crippen molar-refractivity contribution in [2.75, 3.05) is 35.0 Å². The van der Waals surface area contributed by atoms with E-state index < -0.39 is 15.3 Å². The second kappa shape index (κ2) is 12.4. The van der Waals surface area contributed by atoms with Gasteiger partial charge in [-0.25, -0.2) is 8.42 Å². The van der Waals surface area contributed by atoms with Gasteiger partial charge in [0.25, 0.3) is 0 Å². The van der Waals surface area contributed by atoms with Crippen LogP contribution in [0.2, 0.25) is 0 Å². The van der Waals surface area contributed by atoms with Crippen molar-refractivity contribution >= 4 is 21.0 Å². The van der Waals surface area contributed by atoms with Crippen molar-refractivity contribution in [1.29, 1.82) is 0 Å². The highest BCUT2D eigenvalue weighted by molar-refractivity contribution is 7.89. The van der Waals surface area contributed by atoms with Crippen LogP contribution in [0.15, 0.2) is 65.2 Å². The van der Waals surface area contributed by atoms with Gasteiger partial charge < -0.3 is 28.6 Å². The topological polar surface area (TPSA) is 121 Å². The van der Waals surface area contributed by atoms with E-state index in [1.165, 1.54) is 18.5 Å². The summed E-state index contributed by atoms with van der Waals surface area (Å²) in [6, 6.07) is 17.4. The number of para-hydroxylation sites is 1. The number of hydrogen-bond acceptors (Lipinski definition) is 9. The number of methoxy groups -OCH3 is 4. The van der Waals surface area contributed by atoms with Gasteiger partial charge >= 0.3 is 0 Å². The SMILES string of the molecule is COc1ccc(CN(Cc2ccc(OC)cc2OC)S(=O)(=O)C(CCO)c2noc3ccccc23)c(OC)c1. The van der Waals surface area contributed by atoms with Crippen molar-refractivity contribution in [2.45, 2.75) is 24.8 Å². The van der Waals surface area contributed by atoms with Crippen molar-refractivity contribution in [3.05, 3.63) is 77.5 Å². The summed E-state index contributed by atoms with van der Waals surface area (Å²) >= 11 is 0. The van der Waals surface area contributed by atoms with Crippen LogP contribution in [0.3, 0.4) is 0 Å². The zero-order chi connectivity index (χ0) is 28.0. The molecule has 0 saturated heterocycles. The Morgan fingerprint density at radius 2 is 1.41 bits per heavy atom. The fourth-order valence-electron chi connectivity index (χ4n) is 4.44. The molecule has 0 amide bonds. The normalized spacial score (nSPS) is 12.5. The molecule has 0 spiro atoms. The molecule has 1 unspecified atom stereocenters. The second-order valence-corrected chi connectivity index (χ2v) is 10.8. The number of nitrogens with zero attached hydrogens (tertiary/aromatic N) is 2. The molecule has 1 aromatic heterocycles. The van der Waals surface area contributed by atoms with E-state index in [1.807, 2.05) is 0 Å². The van der Waals surface area contributed by atoms with Gasteiger partial charge in [0.05, 0.1) is 28.4 Å². The fourth-order valence-corrected chi connectivity index (χ4v) is 6.30. The maximum atomic E-state index is 14.4. The number of rotatable bonds is 13. The minimum atomic E-state index is -4.14. The van der Waals surface area contributed by atoms with Gasteiger partial charge in [-0.1, -0.05) is 29.4 Å². The van der Waals surface area contributed by atoms with Gasteiger partial charge in [0.2, 0.25) is 10.0 Å². The smallest absolute Gasteiger partial charge is 0.223 e. The number of hydrogen-bond donors (Lipinski definition) is 1. The molecule has 0 bridgehead atoms. The Morgan fingerprint density at radius 1 is 0.846 bits per heavy atom. The van der Waals surface area contributed by atoms with E-state index in [4.69, 9.17) is 23.5 Å². The summed E-state index contributed by atoms with van der Waals surface area (Å²) < 4.78 is 57.3. The standard InChI is InChI=1S/C28H32N2O8S/c1-34-21-11-9-19(25(15-21)36-3)17-30(18-20-10-12-22(35-2)16-26(20)37-4)39(32,33)27(13-14-31)28-23-7-5-6-8-24(23)38-29-28/h5-12,15-16,27,31H,13-14,17-18H2,1-4H3. The summed E-state index contributed by atoms with van der Waals surface area (Å²) in [5.41, 5.74) is 1.96. The highest BCUT2D eigenvalue weighted by atomic mass is 32.2. The molecule has 1 N–H and O–H groups in total. The number of aromatic nitrogens is 1. The summed E-state index contributed by atoms with van der Waals surface area (Å²) in [6.07, 6.45) is -0.0745. The summed E-state index contributed by atoms with van der Waals surface area (Å²) in [5, 5.41) is 13.4. The van der Waals surface area contributed by atoms with Gasteiger partial charge in [0.1, 0.15) is 33.9 Å². The van der Waals surface area contributed by atoms with Crippen LogP contribution < -0.4 is 18.9 Å². The second-order valence-electron chi connectivity index (χ2n) is 8.73.